The molecule has 0 bridgehead atoms. The quantitative estimate of drug-likeness (QED) is 0.840. The normalized spacial score (nSPS) is 11.1. The molecule has 0 unspecified atom stereocenters. The largest absolute Gasteiger partial charge is 0.366 e. The summed E-state index contributed by atoms with van der Waals surface area (Å²) in [4.78, 5) is 23.2. The van der Waals surface area contributed by atoms with Crippen molar-refractivity contribution in [2.75, 3.05) is 6.26 Å². The van der Waals surface area contributed by atoms with Crippen molar-refractivity contribution in [3.63, 3.8) is 0 Å². The molecule has 0 atom stereocenters. The molecule has 0 aliphatic rings. The van der Waals surface area contributed by atoms with Gasteiger partial charge in [0.1, 0.15) is 0 Å². The Kier molecular flexibility index (Phi) is 5.26. The van der Waals surface area contributed by atoms with Crippen LogP contribution >= 0.6 is 11.6 Å². The summed E-state index contributed by atoms with van der Waals surface area (Å²) < 4.78 is 23.3. The van der Waals surface area contributed by atoms with E-state index in [2.05, 4.69) is 5.32 Å². The number of primary amides is 1. The average molecular weight is 367 g/mol. The maximum Gasteiger partial charge on any atom is 0.251 e. The van der Waals surface area contributed by atoms with E-state index in [1.807, 2.05) is 0 Å². The maximum absolute atomic E-state index is 12.2. The molecule has 0 aliphatic carbocycles. The number of nitrogens with one attached hydrogen (secondary N) is 1. The van der Waals surface area contributed by atoms with Crippen molar-refractivity contribution in [1.82, 2.24) is 5.32 Å². The highest BCUT2D eigenvalue weighted by atomic mass is 35.5. The maximum atomic E-state index is 12.2. The second-order valence-electron chi connectivity index (χ2n) is 5.16. The Hall–Kier alpha value is -2.38. The van der Waals surface area contributed by atoms with Gasteiger partial charge < -0.3 is 11.1 Å². The van der Waals surface area contributed by atoms with Gasteiger partial charge in [-0.15, -0.1) is 0 Å². The molecule has 0 saturated heterocycles. The molecule has 0 saturated carbocycles. The molecule has 0 aromatic heterocycles. The fourth-order valence-electron chi connectivity index (χ4n) is 2.05. The topological polar surface area (TPSA) is 106 Å². The van der Waals surface area contributed by atoms with E-state index in [9.17, 15) is 18.0 Å². The van der Waals surface area contributed by atoms with Gasteiger partial charge in [-0.1, -0.05) is 23.7 Å². The summed E-state index contributed by atoms with van der Waals surface area (Å²) in [6.45, 7) is 0.163. The van der Waals surface area contributed by atoms with Crippen LogP contribution in [0.2, 0.25) is 5.02 Å². The van der Waals surface area contributed by atoms with Crippen molar-refractivity contribution in [2.45, 2.75) is 11.4 Å². The van der Waals surface area contributed by atoms with Gasteiger partial charge in [-0.3, -0.25) is 9.59 Å². The molecule has 0 fully saturated rings. The summed E-state index contributed by atoms with van der Waals surface area (Å²) in [6.07, 6.45) is 1.02. The smallest absolute Gasteiger partial charge is 0.251 e. The van der Waals surface area contributed by atoms with Crippen molar-refractivity contribution in [1.29, 1.82) is 0 Å². The Morgan fingerprint density at radius 3 is 2.46 bits per heavy atom. The van der Waals surface area contributed by atoms with Crippen molar-refractivity contribution < 1.29 is 18.0 Å². The van der Waals surface area contributed by atoms with Gasteiger partial charge in [-0.25, -0.2) is 8.42 Å². The molecule has 0 heterocycles. The van der Waals surface area contributed by atoms with Crippen LogP contribution in [-0.4, -0.2) is 26.5 Å². The highest BCUT2D eigenvalue weighted by Crippen LogP contribution is 2.22. The molecule has 2 aromatic carbocycles. The van der Waals surface area contributed by atoms with Crippen molar-refractivity contribution in [3.8, 4) is 0 Å². The number of hydrogen-bond donors (Lipinski definition) is 2. The van der Waals surface area contributed by atoms with Gasteiger partial charge in [0.2, 0.25) is 5.91 Å². The molecule has 6 nitrogen and oxygen atoms in total. The average Bonchev–Trinajstić information content (AvgIpc) is 2.52. The lowest BCUT2D eigenvalue weighted by Gasteiger charge is -2.08. The molecule has 0 aliphatic heterocycles. The van der Waals surface area contributed by atoms with E-state index >= 15 is 0 Å². The first-order valence-electron chi connectivity index (χ1n) is 6.85. The SMILES string of the molecule is CS(=O)(=O)c1cc(C(=O)NCc2cccc(C(N)=O)c2)ccc1Cl. The zero-order valence-electron chi connectivity index (χ0n) is 12.7. The zero-order chi connectivity index (χ0) is 17.9. The number of carbonyl (C=O) groups excluding carboxylic acids is 2. The van der Waals surface area contributed by atoms with Crippen LogP contribution in [0.1, 0.15) is 26.3 Å². The first kappa shape index (κ1) is 18.0. The number of carbonyl (C=O) groups is 2. The van der Waals surface area contributed by atoms with Crippen molar-refractivity contribution >= 4 is 33.3 Å². The number of nitrogens with two attached hydrogens (primary N) is 1. The van der Waals surface area contributed by atoms with Gasteiger partial charge in [0.25, 0.3) is 5.91 Å². The lowest BCUT2D eigenvalue weighted by Crippen LogP contribution is -2.23. The van der Waals surface area contributed by atoms with Crippen LogP contribution in [0.5, 0.6) is 0 Å². The zero-order valence-corrected chi connectivity index (χ0v) is 14.3. The van der Waals surface area contributed by atoms with Crippen LogP contribution in [-0.2, 0) is 16.4 Å². The number of sulfone groups is 1. The van der Waals surface area contributed by atoms with Crippen LogP contribution in [0, 0.1) is 0 Å². The lowest BCUT2D eigenvalue weighted by molar-refractivity contribution is 0.0950. The summed E-state index contributed by atoms with van der Waals surface area (Å²) in [7, 11) is -3.54. The first-order valence-corrected chi connectivity index (χ1v) is 9.12. The van der Waals surface area contributed by atoms with E-state index in [1.165, 1.54) is 18.2 Å². The highest BCUT2D eigenvalue weighted by Gasteiger charge is 2.15. The molecule has 8 heteroatoms. The predicted octanol–water partition coefficient (Wildman–Crippen LogP) is 1.77. The first-order chi connectivity index (χ1) is 11.2. The van der Waals surface area contributed by atoms with Gasteiger partial charge in [0.15, 0.2) is 9.84 Å². The van der Waals surface area contributed by atoms with Crippen LogP contribution in [0.3, 0.4) is 0 Å². The molecule has 126 valence electrons. The third-order valence-electron chi connectivity index (χ3n) is 3.26. The molecule has 24 heavy (non-hydrogen) atoms. The van der Waals surface area contributed by atoms with Crippen LogP contribution < -0.4 is 11.1 Å². The van der Waals surface area contributed by atoms with Gasteiger partial charge in [0.05, 0.1) is 9.92 Å². The Morgan fingerprint density at radius 1 is 1.12 bits per heavy atom. The van der Waals surface area contributed by atoms with E-state index < -0.39 is 21.7 Å². The number of halogens is 1. The standard InChI is InChI=1S/C16H15ClN2O4S/c1-24(22,23)14-8-12(5-6-13(14)17)16(21)19-9-10-3-2-4-11(7-10)15(18)20/h2-8H,9H2,1H3,(H2,18,20)(H,19,21). The van der Waals surface area contributed by atoms with E-state index in [0.29, 0.717) is 11.1 Å². The second-order valence-corrected chi connectivity index (χ2v) is 7.56. The van der Waals surface area contributed by atoms with Gasteiger partial charge in [-0.2, -0.15) is 0 Å². The van der Waals surface area contributed by atoms with Crippen LogP contribution in [0.4, 0.5) is 0 Å². The Balaban J connectivity index is 2.16. The minimum Gasteiger partial charge on any atom is -0.366 e. The van der Waals surface area contributed by atoms with E-state index in [0.717, 1.165) is 6.26 Å². The van der Waals surface area contributed by atoms with E-state index in [1.54, 1.807) is 24.3 Å². The second kappa shape index (κ2) is 7.02. The summed E-state index contributed by atoms with van der Waals surface area (Å²) >= 11 is 5.85. The molecule has 3 N–H and O–H groups in total. The van der Waals surface area contributed by atoms with E-state index in [-0.39, 0.29) is 22.0 Å². The minimum absolute atomic E-state index is 0.0585. The molecule has 2 rings (SSSR count). The van der Waals surface area contributed by atoms with Crippen molar-refractivity contribution in [2.24, 2.45) is 5.73 Å². The summed E-state index contributed by atoms with van der Waals surface area (Å²) in [5.41, 5.74) is 6.41. The molecule has 0 radical (unpaired) electrons. The summed E-state index contributed by atoms with van der Waals surface area (Å²) in [5, 5.41) is 2.71. The van der Waals surface area contributed by atoms with Gasteiger partial charge in [-0.05, 0) is 35.9 Å². The predicted molar refractivity (Wildman–Crippen MR) is 90.7 cm³/mol. The number of hydrogen-bond acceptors (Lipinski definition) is 4. The van der Waals surface area contributed by atoms with Crippen LogP contribution in [0.25, 0.3) is 0 Å². The lowest BCUT2D eigenvalue weighted by atomic mass is 10.1. The van der Waals surface area contributed by atoms with Gasteiger partial charge >= 0.3 is 0 Å². The monoisotopic (exact) mass is 366 g/mol. The fourth-order valence-corrected chi connectivity index (χ4v) is 3.35. The molecule has 2 amide bonds. The van der Waals surface area contributed by atoms with Gasteiger partial charge in [0, 0.05) is 23.9 Å². The molecule has 0 spiro atoms. The number of amides is 2. The third kappa shape index (κ3) is 4.33. The Bertz CT molecular complexity index is 910. The number of rotatable bonds is 5. The Labute approximate surface area is 144 Å². The fraction of sp³-hybridized carbons (Fsp3) is 0.125. The highest BCUT2D eigenvalue weighted by molar-refractivity contribution is 7.90. The molecular formula is C16H15ClN2O4S. The van der Waals surface area contributed by atoms with Crippen molar-refractivity contribution in [3.05, 3.63) is 64.2 Å². The Morgan fingerprint density at radius 2 is 1.83 bits per heavy atom. The molecule has 2 aromatic rings. The van der Waals surface area contributed by atoms with E-state index in [4.69, 9.17) is 17.3 Å². The number of benzene rings is 2. The third-order valence-corrected chi connectivity index (χ3v) is 4.84. The van der Waals surface area contributed by atoms with Crippen LogP contribution in [0.15, 0.2) is 47.4 Å². The summed E-state index contributed by atoms with van der Waals surface area (Å²) in [5.74, 6) is -1.01. The minimum atomic E-state index is -3.54. The molecular weight excluding hydrogens is 352 g/mol. The summed E-state index contributed by atoms with van der Waals surface area (Å²) in [6, 6.07) is 10.6.